The Bertz CT molecular complexity index is 176. The molecule has 0 amide bonds. The number of hydrogen-bond donors (Lipinski definition) is 0. The maximum Gasteiger partial charge on any atom is 1.00 e. The zero-order valence-corrected chi connectivity index (χ0v) is 17.6. The summed E-state index contributed by atoms with van der Waals surface area (Å²) in [5, 5.41) is 0. The van der Waals surface area contributed by atoms with Gasteiger partial charge in [0.1, 0.15) is 7.82 Å². The summed E-state index contributed by atoms with van der Waals surface area (Å²) in [6.45, 7) is 2.29. The number of unbranched alkanes of at least 4 members (excludes halogenated alkanes) is 5. The molecule has 0 radical (unpaired) electrons. The second kappa shape index (κ2) is 16.4. The Hall–Kier alpha value is 3.34. The van der Waals surface area contributed by atoms with E-state index in [1.54, 1.807) is 0 Å². The number of hydrogen-bond acceptors (Lipinski definition) is 5. The van der Waals surface area contributed by atoms with Crippen LogP contribution in [-0.4, -0.2) is 6.61 Å². The van der Waals surface area contributed by atoms with Crippen LogP contribution in [0.15, 0.2) is 0 Å². The third kappa shape index (κ3) is 22.5. The van der Waals surface area contributed by atoms with Gasteiger partial charge in [0.2, 0.25) is 0 Å². The summed E-state index contributed by atoms with van der Waals surface area (Å²) < 4.78 is 13.5. The van der Waals surface area contributed by atoms with Gasteiger partial charge >= 0.3 is 103 Å². The molecule has 0 aliphatic carbocycles. The van der Waals surface area contributed by atoms with E-state index >= 15 is 0 Å². The van der Waals surface area contributed by atoms with Crippen LogP contribution in [0.5, 0.6) is 0 Å². The first-order valence-electron chi connectivity index (χ1n) is 4.89. The molecule has 8 heteroatoms. The Labute approximate surface area is 182 Å². The van der Waals surface area contributed by atoms with Crippen LogP contribution >= 0.6 is 7.82 Å². The van der Waals surface area contributed by atoms with Crippen molar-refractivity contribution in [2.75, 3.05) is 6.61 Å². The Kier molecular flexibility index (Phi) is 25.0. The van der Waals surface area contributed by atoms with E-state index in [-0.39, 0.29) is 109 Å². The van der Waals surface area contributed by atoms with Crippen LogP contribution in [0.25, 0.3) is 0 Å². The van der Waals surface area contributed by atoms with Crippen LogP contribution in [0.1, 0.15) is 45.4 Å². The van der Waals surface area contributed by atoms with Crippen molar-refractivity contribution in [1.82, 2.24) is 0 Å². The molecule has 0 N–H and O–H groups in total. The molecule has 0 aromatic carbocycles. The fraction of sp³-hybridized carbons (Fsp3) is 1.00. The van der Waals surface area contributed by atoms with E-state index < -0.39 is 7.82 Å². The monoisotopic (exact) mass is 302 g/mol. The SMILES string of the molecule is CCCCCCCCOOP(=O)([O-])[O-].[K+].[K+]. The van der Waals surface area contributed by atoms with Gasteiger partial charge in [0, 0.05) is 0 Å². The molecule has 0 aliphatic heterocycles. The summed E-state index contributed by atoms with van der Waals surface area (Å²) in [6.07, 6.45) is 6.36. The molecule has 0 saturated heterocycles. The minimum Gasteiger partial charge on any atom is -0.788 e. The van der Waals surface area contributed by atoms with Gasteiger partial charge in [-0.3, -0.25) is 0 Å². The summed E-state index contributed by atoms with van der Waals surface area (Å²) in [5.74, 6) is 0. The van der Waals surface area contributed by atoms with E-state index in [4.69, 9.17) is 0 Å². The van der Waals surface area contributed by atoms with Crippen molar-refractivity contribution < 1.29 is 127 Å². The molecule has 5 nitrogen and oxygen atoms in total. The van der Waals surface area contributed by atoms with E-state index in [0.717, 1.165) is 12.8 Å². The van der Waals surface area contributed by atoms with Crippen molar-refractivity contribution in [2.24, 2.45) is 0 Å². The fourth-order valence-corrected chi connectivity index (χ4v) is 1.25. The average Bonchev–Trinajstić information content (AvgIpc) is 2.08. The third-order valence-electron chi connectivity index (χ3n) is 1.73. The summed E-state index contributed by atoms with van der Waals surface area (Å²) in [4.78, 5) is 24.1. The zero-order chi connectivity index (χ0) is 10.9. The molecule has 16 heavy (non-hydrogen) atoms. The molecule has 0 aromatic rings. The maximum absolute atomic E-state index is 9.93. The number of phosphoric acid groups is 1. The second-order valence-corrected chi connectivity index (χ2v) is 4.15. The first-order valence-corrected chi connectivity index (χ1v) is 6.35. The normalized spacial score (nSPS) is 10.4. The zero-order valence-electron chi connectivity index (χ0n) is 10.4. The van der Waals surface area contributed by atoms with Gasteiger partial charge in [-0.05, 0) is 6.42 Å². The maximum atomic E-state index is 9.93. The van der Waals surface area contributed by atoms with Gasteiger partial charge in [-0.25, -0.2) is 9.56 Å². The van der Waals surface area contributed by atoms with Gasteiger partial charge in [0.25, 0.3) is 0 Å². The molecule has 0 rings (SSSR count). The number of rotatable bonds is 9. The van der Waals surface area contributed by atoms with E-state index in [0.29, 0.717) is 6.42 Å². The molecular weight excluding hydrogens is 285 g/mol. The van der Waals surface area contributed by atoms with Gasteiger partial charge in [-0.2, -0.15) is 0 Å². The molecule has 0 fully saturated rings. The smallest absolute Gasteiger partial charge is 0.788 e. The van der Waals surface area contributed by atoms with Crippen LogP contribution in [0, 0.1) is 0 Å². The molecule has 0 aromatic heterocycles. The van der Waals surface area contributed by atoms with Crippen molar-refractivity contribution in [3.05, 3.63) is 0 Å². The predicted octanol–water partition coefficient (Wildman–Crippen LogP) is -4.87. The summed E-state index contributed by atoms with van der Waals surface area (Å²) in [5.41, 5.74) is 0. The molecular formula is C8H17K2O5P. The van der Waals surface area contributed by atoms with Crippen LogP contribution < -0.4 is 113 Å². The standard InChI is InChI=1S/C8H19O5P.2K/c1-2-3-4-5-6-7-8-12-13-14(9,10)11;;/h2-8H2,1H3,(H2,9,10,11);;/q;2*+1/p-2. The Morgan fingerprint density at radius 1 is 1.00 bits per heavy atom. The average molecular weight is 302 g/mol. The van der Waals surface area contributed by atoms with Crippen LogP contribution in [0.2, 0.25) is 0 Å². The van der Waals surface area contributed by atoms with E-state index in [1.807, 2.05) is 0 Å². The quantitative estimate of drug-likeness (QED) is 0.140. The summed E-state index contributed by atoms with van der Waals surface area (Å²) in [6, 6.07) is 0. The van der Waals surface area contributed by atoms with Gasteiger partial charge in [-0.15, -0.1) is 0 Å². The largest absolute Gasteiger partial charge is 1.00 e. The van der Waals surface area contributed by atoms with E-state index in [9.17, 15) is 14.4 Å². The van der Waals surface area contributed by atoms with Gasteiger partial charge < -0.3 is 14.4 Å². The summed E-state index contributed by atoms with van der Waals surface area (Å²) >= 11 is 0. The minimum absolute atomic E-state index is 0. The fourth-order valence-electron chi connectivity index (χ4n) is 1.04. The van der Waals surface area contributed by atoms with Gasteiger partial charge in [0.05, 0.1) is 6.61 Å². The summed E-state index contributed by atoms with van der Waals surface area (Å²) in [7, 11) is -4.95. The molecule has 0 bridgehead atoms. The van der Waals surface area contributed by atoms with E-state index in [1.165, 1.54) is 19.3 Å². The van der Waals surface area contributed by atoms with Gasteiger partial charge in [0.15, 0.2) is 0 Å². The molecule has 0 unspecified atom stereocenters. The Morgan fingerprint density at radius 2 is 1.50 bits per heavy atom. The van der Waals surface area contributed by atoms with Crippen molar-refractivity contribution in [1.29, 1.82) is 0 Å². The van der Waals surface area contributed by atoms with Crippen LogP contribution in [-0.2, 0) is 14.1 Å². The van der Waals surface area contributed by atoms with Gasteiger partial charge in [-0.1, -0.05) is 39.0 Å². The van der Waals surface area contributed by atoms with Crippen molar-refractivity contribution in [3.63, 3.8) is 0 Å². The second-order valence-electron chi connectivity index (χ2n) is 3.11. The van der Waals surface area contributed by atoms with Crippen LogP contribution in [0.4, 0.5) is 0 Å². The van der Waals surface area contributed by atoms with Crippen LogP contribution in [0.3, 0.4) is 0 Å². The molecule has 86 valence electrons. The molecule has 0 aliphatic rings. The Balaban J connectivity index is -0.000000845. The van der Waals surface area contributed by atoms with Crippen molar-refractivity contribution in [3.8, 4) is 0 Å². The first-order chi connectivity index (χ1) is 6.56. The molecule has 0 heterocycles. The third-order valence-corrected chi connectivity index (χ3v) is 2.01. The minimum atomic E-state index is -4.95. The Morgan fingerprint density at radius 3 is 2.00 bits per heavy atom. The first kappa shape index (κ1) is 24.4. The predicted molar refractivity (Wildman–Crippen MR) is 48.0 cm³/mol. The van der Waals surface area contributed by atoms with Crippen molar-refractivity contribution in [2.45, 2.75) is 45.4 Å². The topological polar surface area (TPSA) is 81.7 Å². The van der Waals surface area contributed by atoms with Crippen molar-refractivity contribution >= 4 is 7.82 Å². The van der Waals surface area contributed by atoms with E-state index in [2.05, 4.69) is 16.5 Å². The molecule has 0 saturated carbocycles. The molecule has 0 atom stereocenters. The molecule has 0 spiro atoms.